The molecule has 0 unspecified atom stereocenters. The molecule has 0 bridgehead atoms. The Labute approximate surface area is 96.4 Å². The van der Waals surface area contributed by atoms with E-state index >= 15 is 0 Å². The number of carbonyl (C=O) groups is 1. The summed E-state index contributed by atoms with van der Waals surface area (Å²) >= 11 is 0.462. The van der Waals surface area contributed by atoms with Gasteiger partial charge in [-0.3, -0.25) is 4.79 Å². The molecule has 0 aliphatic carbocycles. The third kappa shape index (κ3) is 4.16. The number of hydrogen-bond acceptors (Lipinski definition) is 3. The van der Waals surface area contributed by atoms with E-state index in [0.29, 0.717) is 22.3 Å². The molecular weight excluding hydrogens is 234 g/mol. The number of anilines is 1. The SMILES string of the molecule is C[C@@H](N)C(=O)Nc1ccc(SC(F)F)cc1. The summed E-state index contributed by atoms with van der Waals surface area (Å²) in [5.41, 5.74) is 5.91. The van der Waals surface area contributed by atoms with Gasteiger partial charge < -0.3 is 11.1 Å². The van der Waals surface area contributed by atoms with E-state index in [9.17, 15) is 13.6 Å². The van der Waals surface area contributed by atoms with Gasteiger partial charge in [0.25, 0.3) is 5.76 Å². The first-order chi connectivity index (χ1) is 7.49. The van der Waals surface area contributed by atoms with Crippen LogP contribution in [-0.2, 0) is 4.79 Å². The minimum atomic E-state index is -2.44. The monoisotopic (exact) mass is 246 g/mol. The van der Waals surface area contributed by atoms with Gasteiger partial charge in [-0.15, -0.1) is 0 Å². The standard InChI is InChI=1S/C10H12F2N2OS/c1-6(13)9(15)14-7-2-4-8(5-3-7)16-10(11)12/h2-6,10H,13H2,1H3,(H,14,15)/t6-/m1/s1. The van der Waals surface area contributed by atoms with Gasteiger partial charge in [0.1, 0.15) is 0 Å². The van der Waals surface area contributed by atoms with Gasteiger partial charge in [0.05, 0.1) is 6.04 Å². The summed E-state index contributed by atoms with van der Waals surface area (Å²) in [4.78, 5) is 11.7. The first-order valence-corrected chi connectivity index (χ1v) is 5.48. The van der Waals surface area contributed by atoms with Gasteiger partial charge in [-0.05, 0) is 31.2 Å². The summed E-state index contributed by atoms with van der Waals surface area (Å²) in [6.45, 7) is 1.57. The fourth-order valence-corrected chi connectivity index (χ4v) is 1.47. The highest BCUT2D eigenvalue weighted by molar-refractivity contribution is 7.99. The van der Waals surface area contributed by atoms with Crippen molar-refractivity contribution in [1.82, 2.24) is 0 Å². The van der Waals surface area contributed by atoms with Gasteiger partial charge in [-0.25, -0.2) is 0 Å². The minimum absolute atomic E-state index is 0.311. The van der Waals surface area contributed by atoms with E-state index < -0.39 is 11.8 Å². The molecule has 1 rings (SSSR count). The van der Waals surface area contributed by atoms with Gasteiger partial charge in [-0.2, -0.15) is 8.78 Å². The number of amides is 1. The predicted octanol–water partition coefficient (Wildman–Crippen LogP) is 2.29. The van der Waals surface area contributed by atoms with Crippen LogP contribution < -0.4 is 11.1 Å². The highest BCUT2D eigenvalue weighted by Crippen LogP contribution is 2.26. The van der Waals surface area contributed by atoms with Gasteiger partial charge >= 0.3 is 0 Å². The van der Waals surface area contributed by atoms with Crippen molar-refractivity contribution in [3.8, 4) is 0 Å². The highest BCUT2D eigenvalue weighted by Gasteiger charge is 2.08. The van der Waals surface area contributed by atoms with E-state index in [0.717, 1.165) is 0 Å². The first kappa shape index (κ1) is 12.9. The zero-order chi connectivity index (χ0) is 12.1. The van der Waals surface area contributed by atoms with Crippen molar-refractivity contribution in [2.45, 2.75) is 23.6 Å². The van der Waals surface area contributed by atoms with Crippen molar-refractivity contribution >= 4 is 23.4 Å². The molecule has 6 heteroatoms. The van der Waals surface area contributed by atoms with Crippen LogP contribution in [0.4, 0.5) is 14.5 Å². The Hall–Kier alpha value is -1.14. The molecule has 3 nitrogen and oxygen atoms in total. The maximum absolute atomic E-state index is 12.0. The first-order valence-electron chi connectivity index (χ1n) is 4.60. The molecule has 0 heterocycles. The lowest BCUT2D eigenvalue weighted by Gasteiger charge is -2.08. The minimum Gasteiger partial charge on any atom is -0.325 e. The molecular formula is C10H12F2N2OS. The molecule has 0 radical (unpaired) electrons. The van der Waals surface area contributed by atoms with Crippen LogP contribution in [0.3, 0.4) is 0 Å². The summed E-state index contributed by atoms with van der Waals surface area (Å²) in [6, 6.07) is 5.56. The van der Waals surface area contributed by atoms with Crippen LogP contribution in [0.25, 0.3) is 0 Å². The number of hydrogen-bond donors (Lipinski definition) is 2. The third-order valence-electron chi connectivity index (χ3n) is 1.76. The number of thioether (sulfide) groups is 1. The van der Waals surface area contributed by atoms with E-state index in [4.69, 9.17) is 5.73 Å². The molecule has 1 amide bonds. The second-order valence-corrected chi connectivity index (χ2v) is 4.24. The molecule has 16 heavy (non-hydrogen) atoms. The largest absolute Gasteiger partial charge is 0.325 e. The Morgan fingerprint density at radius 3 is 2.38 bits per heavy atom. The van der Waals surface area contributed by atoms with Gasteiger partial charge in [0.15, 0.2) is 0 Å². The molecule has 1 aromatic carbocycles. The van der Waals surface area contributed by atoms with Crippen molar-refractivity contribution in [2.24, 2.45) is 5.73 Å². The van der Waals surface area contributed by atoms with Crippen molar-refractivity contribution < 1.29 is 13.6 Å². The third-order valence-corrected chi connectivity index (χ3v) is 2.48. The number of nitrogens with two attached hydrogens (primary N) is 1. The summed E-state index contributed by atoms with van der Waals surface area (Å²) in [5, 5.41) is 2.56. The van der Waals surface area contributed by atoms with E-state index in [1.807, 2.05) is 0 Å². The van der Waals surface area contributed by atoms with E-state index in [-0.39, 0.29) is 5.91 Å². The number of halogens is 2. The number of carbonyl (C=O) groups excluding carboxylic acids is 1. The lowest BCUT2D eigenvalue weighted by molar-refractivity contribution is -0.117. The number of alkyl halides is 2. The molecule has 0 aromatic heterocycles. The Kier molecular flexibility index (Phi) is 4.70. The average Bonchev–Trinajstić information content (AvgIpc) is 2.20. The molecule has 0 spiro atoms. The van der Waals surface area contributed by atoms with Gasteiger partial charge in [0.2, 0.25) is 5.91 Å². The Morgan fingerprint density at radius 1 is 1.38 bits per heavy atom. The molecule has 88 valence electrons. The zero-order valence-corrected chi connectivity index (χ0v) is 9.43. The average molecular weight is 246 g/mol. The molecule has 1 atom stereocenters. The highest BCUT2D eigenvalue weighted by atomic mass is 32.2. The quantitative estimate of drug-likeness (QED) is 0.801. The Bertz CT molecular complexity index is 354. The maximum Gasteiger partial charge on any atom is 0.288 e. The number of benzene rings is 1. The Balaban J connectivity index is 2.61. The lowest BCUT2D eigenvalue weighted by Crippen LogP contribution is -2.32. The van der Waals surface area contributed by atoms with Crippen molar-refractivity contribution in [3.63, 3.8) is 0 Å². The van der Waals surface area contributed by atoms with Crippen LogP contribution in [0, 0.1) is 0 Å². The number of rotatable bonds is 4. The topological polar surface area (TPSA) is 55.1 Å². The normalized spacial score (nSPS) is 12.6. The second-order valence-electron chi connectivity index (χ2n) is 3.18. The van der Waals surface area contributed by atoms with E-state index in [1.165, 1.54) is 12.1 Å². The molecule has 0 saturated heterocycles. The number of nitrogens with one attached hydrogen (secondary N) is 1. The van der Waals surface area contributed by atoms with Crippen LogP contribution in [-0.4, -0.2) is 17.7 Å². The van der Waals surface area contributed by atoms with E-state index in [1.54, 1.807) is 19.1 Å². The fraction of sp³-hybridized carbons (Fsp3) is 0.300. The summed E-state index contributed by atoms with van der Waals surface area (Å²) in [7, 11) is 0. The lowest BCUT2D eigenvalue weighted by atomic mass is 10.3. The maximum atomic E-state index is 12.0. The van der Waals surface area contributed by atoms with Crippen LogP contribution in [0.1, 0.15) is 6.92 Å². The van der Waals surface area contributed by atoms with Crippen molar-refractivity contribution in [1.29, 1.82) is 0 Å². The smallest absolute Gasteiger partial charge is 0.288 e. The zero-order valence-electron chi connectivity index (χ0n) is 8.61. The summed E-state index contributed by atoms with van der Waals surface area (Å²) < 4.78 is 24.0. The van der Waals surface area contributed by atoms with Gasteiger partial charge in [-0.1, -0.05) is 11.8 Å². The molecule has 0 fully saturated rings. The molecule has 0 aliphatic heterocycles. The molecule has 1 aromatic rings. The molecule has 3 N–H and O–H groups in total. The predicted molar refractivity (Wildman–Crippen MR) is 60.6 cm³/mol. The summed E-state index contributed by atoms with van der Waals surface area (Å²) in [6.07, 6.45) is 0. The molecule has 0 aliphatic rings. The van der Waals surface area contributed by atoms with Crippen LogP contribution in [0.15, 0.2) is 29.2 Å². The fourth-order valence-electron chi connectivity index (χ4n) is 0.976. The van der Waals surface area contributed by atoms with Crippen molar-refractivity contribution in [3.05, 3.63) is 24.3 Å². The van der Waals surface area contributed by atoms with E-state index in [2.05, 4.69) is 5.32 Å². The molecule has 0 saturated carbocycles. The second kappa shape index (κ2) is 5.81. The Morgan fingerprint density at radius 2 is 1.94 bits per heavy atom. The van der Waals surface area contributed by atoms with Crippen LogP contribution in [0.2, 0.25) is 0 Å². The van der Waals surface area contributed by atoms with Gasteiger partial charge in [0, 0.05) is 10.6 Å². The summed E-state index contributed by atoms with van der Waals surface area (Å²) in [5.74, 6) is -2.75. The van der Waals surface area contributed by atoms with Crippen molar-refractivity contribution in [2.75, 3.05) is 5.32 Å². The van der Waals surface area contributed by atoms with Crippen LogP contribution in [0.5, 0.6) is 0 Å². The van der Waals surface area contributed by atoms with Crippen LogP contribution >= 0.6 is 11.8 Å².